The molecule has 26 heavy (non-hydrogen) atoms. The summed E-state index contributed by atoms with van der Waals surface area (Å²) in [5.74, 6) is 0.861. The van der Waals surface area contributed by atoms with E-state index in [-0.39, 0.29) is 5.91 Å². The number of nitrogens with one attached hydrogen (secondary N) is 2. The molecule has 4 heteroatoms. The second kappa shape index (κ2) is 7.65. The van der Waals surface area contributed by atoms with Crippen molar-refractivity contribution in [1.29, 1.82) is 0 Å². The summed E-state index contributed by atoms with van der Waals surface area (Å²) in [6.07, 6.45) is 8.23. The standard InChI is InChI=1S/C22H24N2O2/c25-22(13-12-16-15-23-21-11-4-3-10-20(16)21)24-17-6-5-9-19(14-17)26-18-7-1-2-8-18/h3-6,9-11,14-15,18,23H,1-2,7-8,12-13H2,(H,24,25). The fraction of sp³-hybridized carbons (Fsp3) is 0.318. The van der Waals surface area contributed by atoms with Crippen molar-refractivity contribution >= 4 is 22.5 Å². The Kier molecular flexibility index (Phi) is 4.91. The molecule has 0 aliphatic heterocycles. The topological polar surface area (TPSA) is 54.1 Å². The average Bonchev–Trinajstić information content (AvgIpc) is 3.30. The lowest BCUT2D eigenvalue weighted by atomic mass is 10.1. The number of carbonyl (C=O) groups excluding carboxylic acids is 1. The van der Waals surface area contributed by atoms with E-state index in [1.807, 2.05) is 42.6 Å². The number of amides is 1. The van der Waals surface area contributed by atoms with Gasteiger partial charge in [-0.05, 0) is 55.9 Å². The number of H-pyrrole nitrogens is 1. The summed E-state index contributed by atoms with van der Waals surface area (Å²) in [5.41, 5.74) is 3.08. The summed E-state index contributed by atoms with van der Waals surface area (Å²) in [6.45, 7) is 0. The minimum absolute atomic E-state index is 0.0216. The van der Waals surface area contributed by atoms with Crippen molar-refractivity contribution in [1.82, 2.24) is 4.98 Å². The van der Waals surface area contributed by atoms with Crippen LogP contribution in [0, 0.1) is 0 Å². The van der Waals surface area contributed by atoms with Crippen molar-refractivity contribution in [3.63, 3.8) is 0 Å². The zero-order chi connectivity index (χ0) is 17.8. The molecular weight excluding hydrogens is 324 g/mol. The van der Waals surface area contributed by atoms with Gasteiger partial charge >= 0.3 is 0 Å². The van der Waals surface area contributed by atoms with Crippen LogP contribution in [0.4, 0.5) is 5.69 Å². The molecule has 1 amide bonds. The highest BCUT2D eigenvalue weighted by atomic mass is 16.5. The normalized spacial score (nSPS) is 14.6. The molecule has 1 saturated carbocycles. The Hall–Kier alpha value is -2.75. The van der Waals surface area contributed by atoms with Gasteiger partial charge in [-0.15, -0.1) is 0 Å². The Morgan fingerprint density at radius 3 is 2.85 bits per heavy atom. The van der Waals surface area contributed by atoms with Gasteiger partial charge in [-0.3, -0.25) is 4.79 Å². The van der Waals surface area contributed by atoms with E-state index in [2.05, 4.69) is 22.4 Å². The molecule has 0 atom stereocenters. The van der Waals surface area contributed by atoms with Crippen LogP contribution in [-0.4, -0.2) is 17.0 Å². The highest BCUT2D eigenvalue weighted by molar-refractivity contribution is 5.91. The van der Waals surface area contributed by atoms with Gasteiger partial charge in [0.1, 0.15) is 5.75 Å². The fourth-order valence-corrected chi connectivity index (χ4v) is 3.66. The number of aromatic amines is 1. The van der Waals surface area contributed by atoms with Crippen LogP contribution in [0.2, 0.25) is 0 Å². The van der Waals surface area contributed by atoms with Gasteiger partial charge in [-0.2, -0.15) is 0 Å². The zero-order valence-corrected chi connectivity index (χ0v) is 14.8. The monoisotopic (exact) mass is 348 g/mol. The molecule has 134 valence electrons. The van der Waals surface area contributed by atoms with Gasteiger partial charge in [-0.1, -0.05) is 24.3 Å². The first-order valence-electron chi connectivity index (χ1n) is 9.39. The molecule has 1 aliphatic carbocycles. The number of aryl methyl sites for hydroxylation is 1. The summed E-state index contributed by atoms with van der Waals surface area (Å²) < 4.78 is 6.01. The van der Waals surface area contributed by atoms with E-state index in [1.165, 1.54) is 23.8 Å². The quantitative estimate of drug-likeness (QED) is 0.654. The number of rotatable bonds is 6. The number of aromatic nitrogens is 1. The second-order valence-electron chi connectivity index (χ2n) is 6.96. The molecule has 0 saturated heterocycles. The molecule has 1 aliphatic rings. The summed E-state index contributed by atoms with van der Waals surface area (Å²) in [4.78, 5) is 15.6. The summed E-state index contributed by atoms with van der Waals surface area (Å²) >= 11 is 0. The number of para-hydroxylation sites is 1. The fourth-order valence-electron chi connectivity index (χ4n) is 3.66. The third-order valence-electron chi connectivity index (χ3n) is 5.02. The Labute approximate surface area is 153 Å². The minimum Gasteiger partial charge on any atom is -0.490 e. The van der Waals surface area contributed by atoms with Gasteiger partial charge in [0.2, 0.25) is 5.91 Å². The first-order valence-corrected chi connectivity index (χ1v) is 9.39. The van der Waals surface area contributed by atoms with E-state index in [4.69, 9.17) is 4.74 Å². The van der Waals surface area contributed by atoms with Crippen LogP contribution in [0.3, 0.4) is 0 Å². The molecule has 2 aromatic carbocycles. The third-order valence-corrected chi connectivity index (χ3v) is 5.02. The number of hydrogen-bond donors (Lipinski definition) is 2. The molecule has 2 N–H and O–H groups in total. The highest BCUT2D eigenvalue weighted by Crippen LogP contribution is 2.26. The smallest absolute Gasteiger partial charge is 0.224 e. The number of benzene rings is 2. The minimum atomic E-state index is 0.0216. The van der Waals surface area contributed by atoms with Gasteiger partial charge in [-0.25, -0.2) is 0 Å². The van der Waals surface area contributed by atoms with Crippen molar-refractivity contribution in [2.45, 2.75) is 44.6 Å². The lowest BCUT2D eigenvalue weighted by molar-refractivity contribution is -0.116. The highest BCUT2D eigenvalue weighted by Gasteiger charge is 2.16. The van der Waals surface area contributed by atoms with E-state index in [1.54, 1.807) is 0 Å². The second-order valence-corrected chi connectivity index (χ2v) is 6.96. The maximum atomic E-state index is 12.3. The average molecular weight is 348 g/mol. The lowest BCUT2D eigenvalue weighted by Gasteiger charge is -2.14. The van der Waals surface area contributed by atoms with Crippen LogP contribution in [0.15, 0.2) is 54.7 Å². The predicted octanol–water partition coefficient (Wildman–Crippen LogP) is 5.06. The summed E-state index contributed by atoms with van der Waals surface area (Å²) in [5, 5.41) is 4.18. The van der Waals surface area contributed by atoms with Crippen LogP contribution >= 0.6 is 0 Å². The molecule has 1 fully saturated rings. The molecule has 1 aromatic heterocycles. The van der Waals surface area contributed by atoms with Gasteiger partial charge in [0.15, 0.2) is 0 Å². The molecule has 0 bridgehead atoms. The van der Waals surface area contributed by atoms with Crippen molar-refractivity contribution in [3.05, 3.63) is 60.3 Å². The maximum absolute atomic E-state index is 12.3. The van der Waals surface area contributed by atoms with Gasteiger partial charge in [0, 0.05) is 35.3 Å². The van der Waals surface area contributed by atoms with Crippen molar-refractivity contribution < 1.29 is 9.53 Å². The molecule has 4 rings (SSSR count). The van der Waals surface area contributed by atoms with E-state index in [0.29, 0.717) is 18.9 Å². The molecule has 0 radical (unpaired) electrons. The SMILES string of the molecule is O=C(CCc1c[nH]c2ccccc12)Nc1cccc(OC2CCCC2)c1. The van der Waals surface area contributed by atoms with E-state index in [9.17, 15) is 4.79 Å². The van der Waals surface area contributed by atoms with Crippen LogP contribution in [-0.2, 0) is 11.2 Å². The van der Waals surface area contributed by atoms with Crippen molar-refractivity contribution in [2.75, 3.05) is 5.32 Å². The van der Waals surface area contributed by atoms with E-state index < -0.39 is 0 Å². The van der Waals surface area contributed by atoms with Crippen LogP contribution in [0.5, 0.6) is 5.75 Å². The number of ether oxygens (including phenoxy) is 1. The van der Waals surface area contributed by atoms with Crippen LogP contribution in [0.1, 0.15) is 37.7 Å². The van der Waals surface area contributed by atoms with Crippen LogP contribution < -0.4 is 10.1 Å². The summed E-state index contributed by atoms with van der Waals surface area (Å²) in [7, 11) is 0. The van der Waals surface area contributed by atoms with E-state index >= 15 is 0 Å². The Morgan fingerprint density at radius 1 is 1.12 bits per heavy atom. The molecular formula is C22H24N2O2. The van der Waals surface area contributed by atoms with Gasteiger partial charge in [0.05, 0.1) is 6.10 Å². The first kappa shape index (κ1) is 16.7. The Morgan fingerprint density at radius 2 is 1.96 bits per heavy atom. The number of carbonyl (C=O) groups is 1. The molecule has 4 nitrogen and oxygen atoms in total. The maximum Gasteiger partial charge on any atom is 0.224 e. The third kappa shape index (κ3) is 3.90. The lowest BCUT2D eigenvalue weighted by Crippen LogP contribution is -2.13. The van der Waals surface area contributed by atoms with Crippen molar-refractivity contribution in [2.24, 2.45) is 0 Å². The van der Waals surface area contributed by atoms with Crippen LogP contribution in [0.25, 0.3) is 10.9 Å². The molecule has 1 heterocycles. The van der Waals surface area contributed by atoms with Gasteiger partial charge in [0.25, 0.3) is 0 Å². The molecule has 0 spiro atoms. The summed E-state index contributed by atoms with van der Waals surface area (Å²) in [6, 6.07) is 15.9. The molecule has 3 aromatic rings. The number of fused-ring (bicyclic) bond motifs is 1. The Bertz CT molecular complexity index is 894. The van der Waals surface area contributed by atoms with Crippen molar-refractivity contribution in [3.8, 4) is 5.75 Å². The number of anilines is 1. The van der Waals surface area contributed by atoms with Gasteiger partial charge < -0.3 is 15.0 Å². The zero-order valence-electron chi connectivity index (χ0n) is 14.8. The Balaban J connectivity index is 1.34. The molecule has 0 unspecified atom stereocenters. The first-order chi connectivity index (χ1) is 12.8. The largest absolute Gasteiger partial charge is 0.490 e. The number of hydrogen-bond acceptors (Lipinski definition) is 2. The predicted molar refractivity (Wildman–Crippen MR) is 105 cm³/mol. The van der Waals surface area contributed by atoms with E-state index in [0.717, 1.165) is 29.8 Å².